The van der Waals surface area contributed by atoms with E-state index in [1.54, 1.807) is 48.3 Å². The van der Waals surface area contributed by atoms with Gasteiger partial charge in [0.05, 0.1) is 40.8 Å². The van der Waals surface area contributed by atoms with Crippen LogP contribution in [-0.2, 0) is 7.05 Å². The second-order valence-corrected chi connectivity index (χ2v) is 6.56. The lowest BCUT2D eigenvalue weighted by molar-refractivity contribution is 0.0973. The lowest BCUT2D eigenvalue weighted by Gasteiger charge is -2.08. The van der Waals surface area contributed by atoms with Crippen LogP contribution in [0.3, 0.4) is 0 Å². The number of benzene rings is 1. The van der Waals surface area contributed by atoms with Gasteiger partial charge < -0.3 is 5.32 Å². The molecular weight excluding hydrogens is 364 g/mol. The second kappa shape index (κ2) is 7.98. The first-order valence-electron chi connectivity index (χ1n) is 8.27. The molecule has 0 radical (unpaired) electrons. The number of hydrogen-bond donors (Lipinski definition) is 1. The number of nitriles is 1. The number of aryl methyl sites for hydroxylation is 1. The predicted octanol–water partition coefficient (Wildman–Crippen LogP) is 4.01. The summed E-state index contributed by atoms with van der Waals surface area (Å²) >= 11 is 6.26. The Bertz CT molecular complexity index is 1010. The van der Waals surface area contributed by atoms with Crippen LogP contribution < -0.4 is 5.32 Å². The maximum Gasteiger partial charge on any atom is 0.227 e. The van der Waals surface area contributed by atoms with E-state index >= 15 is 0 Å². The van der Waals surface area contributed by atoms with Gasteiger partial charge in [-0.15, -0.1) is 0 Å². The highest BCUT2D eigenvalue weighted by Crippen LogP contribution is 2.27. The highest BCUT2D eigenvalue weighted by atomic mass is 35.5. The third-order valence-electron chi connectivity index (χ3n) is 3.90. The molecule has 3 rings (SSSR count). The van der Waals surface area contributed by atoms with Crippen molar-refractivity contribution >= 4 is 29.0 Å². The molecule has 0 aliphatic rings. The summed E-state index contributed by atoms with van der Waals surface area (Å²) in [5, 5.41) is 16.4. The zero-order valence-electron chi connectivity index (χ0n) is 14.8. The summed E-state index contributed by atoms with van der Waals surface area (Å²) in [6, 6.07) is 9.07. The van der Waals surface area contributed by atoms with Crippen molar-refractivity contribution in [1.82, 2.24) is 19.7 Å². The van der Waals surface area contributed by atoms with Gasteiger partial charge >= 0.3 is 0 Å². The van der Waals surface area contributed by atoms with E-state index in [4.69, 9.17) is 16.9 Å². The number of hydrogen-bond acceptors (Lipinski definition) is 6. The highest BCUT2D eigenvalue weighted by Gasteiger charge is 2.13. The van der Waals surface area contributed by atoms with Gasteiger partial charge in [0.25, 0.3) is 0 Å². The summed E-state index contributed by atoms with van der Waals surface area (Å²) in [7, 11) is 1.82. The first kappa shape index (κ1) is 18.5. The number of nitrogens with zero attached hydrogens (tertiary/aromatic N) is 5. The Morgan fingerprint density at radius 2 is 2.07 bits per heavy atom. The van der Waals surface area contributed by atoms with Crippen molar-refractivity contribution in [2.45, 2.75) is 13.3 Å². The topological polar surface area (TPSA) is 96.5 Å². The Morgan fingerprint density at radius 1 is 1.33 bits per heavy atom. The average Bonchev–Trinajstić information content (AvgIpc) is 3.08. The summed E-state index contributed by atoms with van der Waals surface area (Å²) in [5.41, 5.74) is 2.64. The molecule has 0 unspecified atom stereocenters. The van der Waals surface area contributed by atoms with Gasteiger partial charge in [0.2, 0.25) is 5.95 Å². The third kappa shape index (κ3) is 4.49. The molecule has 2 aromatic heterocycles. The number of aromatic nitrogens is 4. The van der Waals surface area contributed by atoms with Crippen molar-refractivity contribution in [3.63, 3.8) is 0 Å². The van der Waals surface area contributed by atoms with Crippen molar-refractivity contribution in [2.24, 2.45) is 13.0 Å². The van der Waals surface area contributed by atoms with E-state index in [0.717, 1.165) is 11.3 Å². The van der Waals surface area contributed by atoms with E-state index in [0.29, 0.717) is 22.2 Å². The molecule has 1 aromatic carbocycles. The zero-order valence-corrected chi connectivity index (χ0v) is 15.6. The number of ketones is 1. The molecule has 0 saturated heterocycles. The van der Waals surface area contributed by atoms with Crippen LogP contribution in [0.5, 0.6) is 0 Å². The Kier molecular flexibility index (Phi) is 5.48. The van der Waals surface area contributed by atoms with Crippen molar-refractivity contribution in [2.75, 3.05) is 5.32 Å². The van der Waals surface area contributed by atoms with Gasteiger partial charge in [-0.2, -0.15) is 10.4 Å². The summed E-state index contributed by atoms with van der Waals surface area (Å²) in [5.74, 6) is 0.0170. The molecule has 0 spiro atoms. The largest absolute Gasteiger partial charge is 0.321 e. The third-order valence-corrected chi connectivity index (χ3v) is 4.17. The molecule has 0 amide bonds. The fraction of sp³-hybridized carbons (Fsp3) is 0.211. The molecule has 0 saturated carbocycles. The van der Waals surface area contributed by atoms with E-state index in [1.807, 2.05) is 7.05 Å². The monoisotopic (exact) mass is 380 g/mol. The Hall–Kier alpha value is -3.24. The SMILES string of the molecule is C[C@H](C#N)CC(=O)c1ccc(-c2nc(Nc3cnn(C)c3)ncc2Cl)cc1. The summed E-state index contributed by atoms with van der Waals surface area (Å²) < 4.78 is 1.67. The minimum absolute atomic E-state index is 0.0664. The number of anilines is 2. The van der Waals surface area contributed by atoms with Crippen molar-refractivity contribution in [3.8, 4) is 17.3 Å². The van der Waals surface area contributed by atoms with Gasteiger partial charge in [-0.3, -0.25) is 9.48 Å². The number of Topliss-reactive ketones (excluding diaryl/α,β-unsaturated/α-hetero) is 1. The number of nitrogens with one attached hydrogen (secondary N) is 1. The minimum Gasteiger partial charge on any atom is -0.321 e. The van der Waals surface area contributed by atoms with E-state index < -0.39 is 0 Å². The maximum absolute atomic E-state index is 12.2. The van der Waals surface area contributed by atoms with E-state index in [-0.39, 0.29) is 18.1 Å². The summed E-state index contributed by atoms with van der Waals surface area (Å²) in [4.78, 5) is 20.8. The quantitative estimate of drug-likeness (QED) is 0.649. The van der Waals surface area contributed by atoms with E-state index in [1.165, 1.54) is 6.20 Å². The van der Waals surface area contributed by atoms with Crippen LogP contribution in [0.2, 0.25) is 5.02 Å². The lowest BCUT2D eigenvalue weighted by atomic mass is 9.99. The molecular formula is C19H17ClN6O. The molecule has 8 heteroatoms. The fourth-order valence-corrected chi connectivity index (χ4v) is 2.70. The van der Waals surface area contributed by atoms with Crippen LogP contribution in [0.4, 0.5) is 11.6 Å². The maximum atomic E-state index is 12.2. The molecule has 136 valence electrons. The minimum atomic E-state index is -0.311. The van der Waals surface area contributed by atoms with Crippen LogP contribution in [0, 0.1) is 17.2 Å². The normalized spacial score (nSPS) is 11.6. The fourth-order valence-electron chi connectivity index (χ4n) is 2.50. The van der Waals surface area contributed by atoms with Gasteiger partial charge in [-0.1, -0.05) is 35.9 Å². The van der Waals surface area contributed by atoms with Crippen molar-refractivity contribution in [3.05, 3.63) is 53.4 Å². The van der Waals surface area contributed by atoms with Crippen LogP contribution in [0.15, 0.2) is 42.9 Å². The molecule has 0 bridgehead atoms. The first-order chi connectivity index (χ1) is 13.0. The van der Waals surface area contributed by atoms with E-state index in [9.17, 15) is 4.79 Å². The van der Waals surface area contributed by atoms with Crippen LogP contribution >= 0.6 is 11.6 Å². The molecule has 1 N–H and O–H groups in total. The molecule has 1 atom stereocenters. The van der Waals surface area contributed by atoms with Crippen LogP contribution in [0.25, 0.3) is 11.3 Å². The smallest absolute Gasteiger partial charge is 0.227 e. The lowest BCUT2D eigenvalue weighted by Crippen LogP contribution is -2.04. The first-order valence-corrected chi connectivity index (χ1v) is 8.65. The number of halogens is 1. The molecule has 2 heterocycles. The molecule has 0 aliphatic heterocycles. The Morgan fingerprint density at radius 3 is 2.70 bits per heavy atom. The molecule has 27 heavy (non-hydrogen) atoms. The number of rotatable bonds is 6. The van der Waals surface area contributed by atoms with Crippen molar-refractivity contribution < 1.29 is 4.79 Å². The standard InChI is InChI=1S/C19H17ClN6O/c1-12(8-21)7-17(27)13-3-5-14(6-4-13)18-16(20)10-22-19(25-18)24-15-9-23-26(2)11-15/h3-6,9-12H,7H2,1-2H3,(H,22,24,25)/t12-/m0/s1. The predicted molar refractivity (Wildman–Crippen MR) is 103 cm³/mol. The average molecular weight is 381 g/mol. The van der Waals surface area contributed by atoms with Gasteiger partial charge in [0.1, 0.15) is 0 Å². The van der Waals surface area contributed by atoms with Gasteiger partial charge in [-0.05, 0) is 6.92 Å². The summed E-state index contributed by atoms with van der Waals surface area (Å²) in [6.07, 6.45) is 5.19. The van der Waals surface area contributed by atoms with Gasteiger partial charge in [-0.25, -0.2) is 9.97 Å². The number of carbonyl (C=O) groups is 1. The molecule has 0 aliphatic carbocycles. The van der Waals surface area contributed by atoms with Gasteiger partial charge in [0, 0.05) is 30.8 Å². The molecule has 3 aromatic rings. The van der Waals surface area contributed by atoms with Crippen LogP contribution in [0.1, 0.15) is 23.7 Å². The zero-order chi connectivity index (χ0) is 19.4. The molecule has 0 fully saturated rings. The Labute approximate surface area is 161 Å². The van der Waals surface area contributed by atoms with E-state index in [2.05, 4.69) is 26.5 Å². The number of carbonyl (C=O) groups excluding carboxylic acids is 1. The van der Waals surface area contributed by atoms with Crippen LogP contribution in [-0.4, -0.2) is 25.5 Å². The summed E-state index contributed by atoms with van der Waals surface area (Å²) in [6.45, 7) is 1.73. The second-order valence-electron chi connectivity index (χ2n) is 6.15. The molecule has 7 nitrogen and oxygen atoms in total. The highest BCUT2D eigenvalue weighted by molar-refractivity contribution is 6.32. The van der Waals surface area contributed by atoms with Crippen molar-refractivity contribution in [1.29, 1.82) is 5.26 Å². The van der Waals surface area contributed by atoms with Gasteiger partial charge in [0.15, 0.2) is 5.78 Å². The Balaban J connectivity index is 1.82.